The number of aromatic hydroxyl groups is 1. The number of hydrogen-bond donors (Lipinski definition) is 2. The Kier molecular flexibility index (Phi) is 2.46. The fourth-order valence-electron chi connectivity index (χ4n) is 0.688. The van der Waals surface area contributed by atoms with Gasteiger partial charge in [0.25, 0.3) is 0 Å². The maximum absolute atomic E-state index is 9.22. The molecule has 1 aromatic carbocycles. The summed E-state index contributed by atoms with van der Waals surface area (Å²) < 4.78 is 0. The molecule has 1 N–H and O–H groups in total. The lowest BCUT2D eigenvalue weighted by Gasteiger charge is -2.00. The molecular formula is C7H7ClOS. The van der Waals surface area contributed by atoms with Crippen molar-refractivity contribution in [1.29, 1.82) is 0 Å². The van der Waals surface area contributed by atoms with Crippen molar-refractivity contribution in [2.75, 3.05) is 0 Å². The van der Waals surface area contributed by atoms with Crippen molar-refractivity contribution < 1.29 is 5.11 Å². The Bertz CT molecular complexity index is 237. The molecule has 0 heterocycles. The first kappa shape index (κ1) is 7.76. The third kappa shape index (κ3) is 1.39. The first-order valence-corrected chi connectivity index (χ1v) is 3.84. The van der Waals surface area contributed by atoms with E-state index in [-0.39, 0.29) is 5.75 Å². The van der Waals surface area contributed by atoms with E-state index >= 15 is 0 Å². The van der Waals surface area contributed by atoms with E-state index in [0.717, 1.165) is 5.56 Å². The molecule has 0 aromatic heterocycles. The van der Waals surface area contributed by atoms with Crippen molar-refractivity contribution in [3.05, 3.63) is 28.8 Å². The topological polar surface area (TPSA) is 20.2 Å². The van der Waals surface area contributed by atoms with E-state index < -0.39 is 0 Å². The SMILES string of the molecule is Oc1c(Cl)cccc1CS. The van der Waals surface area contributed by atoms with Crippen LogP contribution in [-0.2, 0) is 5.75 Å². The van der Waals surface area contributed by atoms with E-state index in [2.05, 4.69) is 12.6 Å². The summed E-state index contributed by atoms with van der Waals surface area (Å²) in [6, 6.07) is 5.21. The van der Waals surface area contributed by atoms with Gasteiger partial charge in [0.2, 0.25) is 0 Å². The van der Waals surface area contributed by atoms with Crippen LogP contribution < -0.4 is 0 Å². The van der Waals surface area contributed by atoms with Crippen LogP contribution >= 0.6 is 24.2 Å². The molecule has 0 radical (unpaired) electrons. The average molecular weight is 175 g/mol. The predicted molar refractivity (Wildman–Crippen MR) is 45.8 cm³/mol. The van der Waals surface area contributed by atoms with Crippen LogP contribution in [0.3, 0.4) is 0 Å². The molecule has 0 saturated carbocycles. The number of hydrogen-bond acceptors (Lipinski definition) is 2. The molecule has 0 unspecified atom stereocenters. The monoisotopic (exact) mass is 174 g/mol. The van der Waals surface area contributed by atoms with Gasteiger partial charge in [-0.1, -0.05) is 23.7 Å². The Morgan fingerprint density at radius 3 is 2.70 bits per heavy atom. The number of phenols is 1. The third-order valence-corrected chi connectivity index (χ3v) is 1.89. The molecule has 0 aliphatic heterocycles. The maximum Gasteiger partial charge on any atom is 0.138 e. The first-order chi connectivity index (χ1) is 4.75. The standard InChI is InChI=1S/C7H7ClOS/c8-6-3-1-2-5(4-10)7(6)9/h1-3,9-10H,4H2. The number of benzene rings is 1. The lowest BCUT2D eigenvalue weighted by molar-refractivity contribution is 0.471. The van der Waals surface area contributed by atoms with Gasteiger partial charge in [-0.25, -0.2) is 0 Å². The molecule has 1 nitrogen and oxygen atoms in total. The highest BCUT2D eigenvalue weighted by Crippen LogP contribution is 2.27. The molecule has 1 aromatic rings. The van der Waals surface area contributed by atoms with Crippen molar-refractivity contribution in [2.24, 2.45) is 0 Å². The van der Waals surface area contributed by atoms with Crippen LogP contribution in [0.4, 0.5) is 0 Å². The van der Waals surface area contributed by atoms with E-state index in [1.807, 2.05) is 0 Å². The Balaban J connectivity index is 3.14. The van der Waals surface area contributed by atoms with Crippen LogP contribution in [0.1, 0.15) is 5.56 Å². The fraction of sp³-hybridized carbons (Fsp3) is 0.143. The van der Waals surface area contributed by atoms with Crippen molar-refractivity contribution in [3.63, 3.8) is 0 Å². The van der Waals surface area contributed by atoms with Crippen molar-refractivity contribution in [1.82, 2.24) is 0 Å². The summed E-state index contributed by atoms with van der Waals surface area (Å²) in [5, 5.41) is 9.60. The molecule has 0 aliphatic carbocycles. The molecule has 0 atom stereocenters. The van der Waals surface area contributed by atoms with Gasteiger partial charge < -0.3 is 5.11 Å². The van der Waals surface area contributed by atoms with Crippen molar-refractivity contribution >= 4 is 24.2 Å². The summed E-state index contributed by atoms with van der Waals surface area (Å²) >= 11 is 9.62. The predicted octanol–water partition coefficient (Wildman–Crippen LogP) is 2.48. The molecule has 0 bridgehead atoms. The lowest BCUT2D eigenvalue weighted by Crippen LogP contribution is -1.78. The van der Waals surface area contributed by atoms with Gasteiger partial charge in [-0.2, -0.15) is 12.6 Å². The zero-order valence-corrected chi connectivity index (χ0v) is 6.86. The molecule has 10 heavy (non-hydrogen) atoms. The second kappa shape index (κ2) is 3.17. The fourth-order valence-corrected chi connectivity index (χ4v) is 1.14. The minimum Gasteiger partial charge on any atom is -0.506 e. The Labute approximate surface area is 70.0 Å². The first-order valence-electron chi connectivity index (χ1n) is 2.83. The van der Waals surface area contributed by atoms with Crippen LogP contribution in [0.25, 0.3) is 0 Å². The van der Waals surface area contributed by atoms with Gasteiger partial charge in [0, 0.05) is 11.3 Å². The van der Waals surface area contributed by atoms with Gasteiger partial charge in [-0.15, -0.1) is 0 Å². The summed E-state index contributed by atoms with van der Waals surface area (Å²) in [6.45, 7) is 0. The van der Waals surface area contributed by atoms with E-state index in [1.54, 1.807) is 18.2 Å². The molecule has 0 amide bonds. The van der Waals surface area contributed by atoms with Gasteiger partial charge in [-0.05, 0) is 6.07 Å². The molecule has 0 fully saturated rings. The average Bonchev–Trinajstić information content (AvgIpc) is 1.95. The molecule has 0 spiro atoms. The second-order valence-electron chi connectivity index (χ2n) is 1.91. The van der Waals surface area contributed by atoms with Gasteiger partial charge in [0.15, 0.2) is 0 Å². The molecule has 0 aliphatic rings. The smallest absolute Gasteiger partial charge is 0.138 e. The Hall–Kier alpha value is -0.340. The number of para-hydroxylation sites is 1. The molecular weight excluding hydrogens is 168 g/mol. The van der Waals surface area contributed by atoms with Crippen LogP contribution in [0, 0.1) is 0 Å². The van der Waals surface area contributed by atoms with E-state index in [1.165, 1.54) is 0 Å². The molecule has 3 heteroatoms. The van der Waals surface area contributed by atoms with Crippen molar-refractivity contribution in [2.45, 2.75) is 5.75 Å². The largest absolute Gasteiger partial charge is 0.506 e. The summed E-state index contributed by atoms with van der Waals surface area (Å²) in [7, 11) is 0. The van der Waals surface area contributed by atoms with Crippen LogP contribution in [0.5, 0.6) is 5.75 Å². The van der Waals surface area contributed by atoms with E-state index in [0.29, 0.717) is 10.8 Å². The summed E-state index contributed by atoms with van der Waals surface area (Å²) in [6.07, 6.45) is 0. The summed E-state index contributed by atoms with van der Waals surface area (Å²) in [4.78, 5) is 0. The van der Waals surface area contributed by atoms with Crippen LogP contribution in [0.2, 0.25) is 5.02 Å². The van der Waals surface area contributed by atoms with Gasteiger partial charge >= 0.3 is 0 Å². The zero-order chi connectivity index (χ0) is 7.56. The maximum atomic E-state index is 9.22. The normalized spacial score (nSPS) is 9.80. The Morgan fingerprint density at radius 1 is 1.50 bits per heavy atom. The second-order valence-corrected chi connectivity index (χ2v) is 2.63. The minimum atomic E-state index is 0.138. The molecule has 1 rings (SSSR count). The highest BCUT2D eigenvalue weighted by atomic mass is 35.5. The van der Waals surface area contributed by atoms with Gasteiger partial charge in [0.1, 0.15) is 5.75 Å². The molecule has 54 valence electrons. The van der Waals surface area contributed by atoms with Gasteiger partial charge in [0.05, 0.1) is 5.02 Å². The van der Waals surface area contributed by atoms with E-state index in [9.17, 15) is 5.11 Å². The van der Waals surface area contributed by atoms with Crippen molar-refractivity contribution in [3.8, 4) is 5.75 Å². The van der Waals surface area contributed by atoms with Gasteiger partial charge in [-0.3, -0.25) is 0 Å². The highest BCUT2D eigenvalue weighted by molar-refractivity contribution is 7.79. The molecule has 0 saturated heterocycles. The zero-order valence-electron chi connectivity index (χ0n) is 5.21. The van der Waals surface area contributed by atoms with E-state index in [4.69, 9.17) is 11.6 Å². The Morgan fingerprint density at radius 2 is 2.20 bits per heavy atom. The number of thiol groups is 1. The third-order valence-electron chi connectivity index (χ3n) is 1.24. The minimum absolute atomic E-state index is 0.138. The number of phenolic OH excluding ortho intramolecular Hbond substituents is 1. The number of halogens is 1. The van der Waals surface area contributed by atoms with Crippen LogP contribution in [-0.4, -0.2) is 5.11 Å². The van der Waals surface area contributed by atoms with Crippen LogP contribution in [0.15, 0.2) is 18.2 Å². The summed E-state index contributed by atoms with van der Waals surface area (Å²) in [5.41, 5.74) is 0.760. The highest BCUT2D eigenvalue weighted by Gasteiger charge is 2.01. The lowest BCUT2D eigenvalue weighted by atomic mass is 10.2. The quantitative estimate of drug-likeness (QED) is 0.627. The number of rotatable bonds is 1. The summed E-state index contributed by atoms with van der Waals surface area (Å²) in [5.74, 6) is 0.644.